The molecule has 0 unspecified atom stereocenters. The number of urea groups is 1. The average Bonchev–Trinajstić information content (AvgIpc) is 2.42. The molecule has 0 saturated heterocycles. The van der Waals surface area contributed by atoms with Gasteiger partial charge in [-0.25, -0.2) is 4.79 Å². The molecule has 4 heteroatoms. The van der Waals surface area contributed by atoms with Crippen LogP contribution in [0.25, 0.3) is 0 Å². The summed E-state index contributed by atoms with van der Waals surface area (Å²) in [6, 6.07) is 13.8. The molecule has 0 heterocycles. The van der Waals surface area contributed by atoms with Gasteiger partial charge in [0, 0.05) is 11.4 Å². The van der Waals surface area contributed by atoms with Gasteiger partial charge in [-0.3, -0.25) is 0 Å². The van der Waals surface area contributed by atoms with Crippen LogP contribution in [0.3, 0.4) is 0 Å². The number of rotatable bonds is 3. The molecule has 0 aromatic heterocycles. The van der Waals surface area contributed by atoms with Crippen LogP contribution in [0, 0.1) is 0 Å². The highest BCUT2D eigenvalue weighted by atomic mass is 16.3. The molecule has 0 radical (unpaired) electrons. The standard InChI is InChI=1S/C16H18N2O2/c1-11(2)12-3-5-13(6-4-12)17-16(20)18-14-7-9-15(19)10-8-14/h3-11,19H,1-2H3,(H2,17,18,20). The van der Waals surface area contributed by atoms with Crippen LogP contribution in [0.15, 0.2) is 48.5 Å². The smallest absolute Gasteiger partial charge is 0.323 e. The van der Waals surface area contributed by atoms with Crippen LogP contribution in [0.5, 0.6) is 5.75 Å². The number of hydrogen-bond acceptors (Lipinski definition) is 2. The molecule has 4 nitrogen and oxygen atoms in total. The quantitative estimate of drug-likeness (QED) is 0.733. The lowest BCUT2D eigenvalue weighted by Crippen LogP contribution is -2.19. The molecule has 2 aromatic rings. The fourth-order valence-corrected chi connectivity index (χ4v) is 1.79. The molecule has 0 bridgehead atoms. The molecule has 0 fully saturated rings. The Kier molecular flexibility index (Phi) is 4.25. The third-order valence-corrected chi connectivity index (χ3v) is 2.96. The van der Waals surface area contributed by atoms with Crippen molar-refractivity contribution in [3.63, 3.8) is 0 Å². The van der Waals surface area contributed by atoms with Crippen molar-refractivity contribution < 1.29 is 9.90 Å². The summed E-state index contributed by atoms with van der Waals surface area (Å²) in [6.45, 7) is 4.25. The number of aromatic hydroxyl groups is 1. The molecule has 20 heavy (non-hydrogen) atoms. The first-order chi connectivity index (χ1) is 9.54. The van der Waals surface area contributed by atoms with Crippen LogP contribution < -0.4 is 10.6 Å². The van der Waals surface area contributed by atoms with Crippen molar-refractivity contribution in [3.05, 3.63) is 54.1 Å². The van der Waals surface area contributed by atoms with E-state index in [1.807, 2.05) is 24.3 Å². The minimum absolute atomic E-state index is 0.167. The van der Waals surface area contributed by atoms with Gasteiger partial charge in [0.15, 0.2) is 0 Å². The topological polar surface area (TPSA) is 61.4 Å². The third-order valence-electron chi connectivity index (χ3n) is 2.96. The minimum atomic E-state index is -0.312. The maximum absolute atomic E-state index is 11.8. The molecule has 0 spiro atoms. The van der Waals surface area contributed by atoms with Crippen molar-refractivity contribution in [1.29, 1.82) is 0 Å². The van der Waals surface area contributed by atoms with Crippen molar-refractivity contribution in [3.8, 4) is 5.75 Å². The Balaban J connectivity index is 1.95. The van der Waals surface area contributed by atoms with Gasteiger partial charge in [-0.15, -0.1) is 0 Å². The zero-order valence-corrected chi connectivity index (χ0v) is 11.6. The first kappa shape index (κ1) is 13.9. The lowest BCUT2D eigenvalue weighted by molar-refractivity contribution is 0.262. The van der Waals surface area contributed by atoms with E-state index in [1.54, 1.807) is 12.1 Å². The normalized spacial score (nSPS) is 10.3. The Morgan fingerprint density at radius 3 is 1.80 bits per heavy atom. The van der Waals surface area contributed by atoms with Gasteiger partial charge in [0.05, 0.1) is 0 Å². The summed E-state index contributed by atoms with van der Waals surface area (Å²) in [5, 5.41) is 14.6. The lowest BCUT2D eigenvalue weighted by Gasteiger charge is -2.09. The van der Waals surface area contributed by atoms with E-state index in [9.17, 15) is 4.79 Å². The fraction of sp³-hybridized carbons (Fsp3) is 0.188. The second kappa shape index (κ2) is 6.10. The first-order valence-electron chi connectivity index (χ1n) is 6.51. The van der Waals surface area contributed by atoms with Gasteiger partial charge in [-0.05, 0) is 47.9 Å². The van der Waals surface area contributed by atoms with E-state index >= 15 is 0 Å². The van der Waals surface area contributed by atoms with E-state index in [-0.39, 0.29) is 11.8 Å². The molecule has 0 aliphatic heterocycles. The van der Waals surface area contributed by atoms with Crippen LogP contribution in [0.4, 0.5) is 16.2 Å². The summed E-state index contributed by atoms with van der Waals surface area (Å²) < 4.78 is 0. The van der Waals surface area contributed by atoms with Crippen LogP contribution >= 0.6 is 0 Å². The molecule has 2 amide bonds. The Morgan fingerprint density at radius 2 is 1.35 bits per heavy atom. The molecule has 2 rings (SSSR count). The molecule has 2 aromatic carbocycles. The molecule has 0 aliphatic rings. The number of phenols is 1. The minimum Gasteiger partial charge on any atom is -0.508 e. The Hall–Kier alpha value is -2.49. The Bertz CT molecular complexity index is 574. The first-order valence-corrected chi connectivity index (χ1v) is 6.51. The van der Waals surface area contributed by atoms with Crippen molar-refractivity contribution in [2.45, 2.75) is 19.8 Å². The van der Waals surface area contributed by atoms with Gasteiger partial charge in [-0.2, -0.15) is 0 Å². The predicted molar refractivity (Wildman–Crippen MR) is 81.3 cm³/mol. The molecule has 3 N–H and O–H groups in total. The number of anilines is 2. The van der Waals surface area contributed by atoms with E-state index in [2.05, 4.69) is 24.5 Å². The summed E-state index contributed by atoms with van der Waals surface area (Å²) in [5.74, 6) is 0.634. The highest BCUT2D eigenvalue weighted by molar-refractivity contribution is 5.99. The molecule has 0 saturated carbocycles. The van der Waals surface area contributed by atoms with Gasteiger partial charge in [-0.1, -0.05) is 26.0 Å². The number of amides is 2. The predicted octanol–water partition coefficient (Wildman–Crippen LogP) is 4.16. The van der Waals surface area contributed by atoms with E-state index in [0.29, 0.717) is 11.6 Å². The van der Waals surface area contributed by atoms with Gasteiger partial charge in [0.1, 0.15) is 5.75 Å². The van der Waals surface area contributed by atoms with Crippen LogP contribution in [-0.4, -0.2) is 11.1 Å². The summed E-state index contributed by atoms with van der Waals surface area (Å²) in [4.78, 5) is 11.8. The summed E-state index contributed by atoms with van der Waals surface area (Å²) in [6.07, 6.45) is 0. The van der Waals surface area contributed by atoms with Crippen LogP contribution in [-0.2, 0) is 0 Å². The SMILES string of the molecule is CC(C)c1ccc(NC(=O)Nc2ccc(O)cc2)cc1. The summed E-state index contributed by atoms with van der Waals surface area (Å²) in [5.41, 5.74) is 2.60. The van der Waals surface area contributed by atoms with Crippen molar-refractivity contribution >= 4 is 17.4 Å². The number of carbonyl (C=O) groups excluding carboxylic acids is 1. The zero-order valence-electron chi connectivity index (χ0n) is 11.6. The highest BCUT2D eigenvalue weighted by Gasteiger charge is 2.04. The van der Waals surface area contributed by atoms with Crippen molar-refractivity contribution in [2.75, 3.05) is 10.6 Å². The molecular formula is C16H18N2O2. The largest absolute Gasteiger partial charge is 0.508 e. The van der Waals surface area contributed by atoms with E-state index in [1.165, 1.54) is 17.7 Å². The second-order valence-corrected chi connectivity index (χ2v) is 4.90. The average molecular weight is 270 g/mol. The number of phenolic OH excluding ortho intramolecular Hbond substituents is 1. The second-order valence-electron chi connectivity index (χ2n) is 4.90. The van der Waals surface area contributed by atoms with Crippen LogP contribution in [0.1, 0.15) is 25.3 Å². The number of hydrogen-bond donors (Lipinski definition) is 3. The van der Waals surface area contributed by atoms with Gasteiger partial charge < -0.3 is 15.7 Å². The molecule has 0 atom stereocenters. The monoisotopic (exact) mass is 270 g/mol. The van der Waals surface area contributed by atoms with Crippen molar-refractivity contribution in [2.24, 2.45) is 0 Å². The third kappa shape index (κ3) is 3.75. The van der Waals surface area contributed by atoms with E-state index in [0.717, 1.165) is 5.69 Å². The number of benzene rings is 2. The Labute approximate surface area is 118 Å². The van der Waals surface area contributed by atoms with Crippen LogP contribution in [0.2, 0.25) is 0 Å². The van der Waals surface area contributed by atoms with Crippen molar-refractivity contribution in [1.82, 2.24) is 0 Å². The maximum atomic E-state index is 11.8. The van der Waals surface area contributed by atoms with E-state index in [4.69, 9.17) is 5.11 Å². The molecular weight excluding hydrogens is 252 g/mol. The Morgan fingerprint density at radius 1 is 0.900 bits per heavy atom. The summed E-state index contributed by atoms with van der Waals surface area (Å²) in [7, 11) is 0. The fourth-order valence-electron chi connectivity index (χ4n) is 1.79. The number of nitrogens with one attached hydrogen (secondary N) is 2. The zero-order chi connectivity index (χ0) is 14.5. The highest BCUT2D eigenvalue weighted by Crippen LogP contribution is 2.18. The maximum Gasteiger partial charge on any atom is 0.323 e. The molecule has 0 aliphatic carbocycles. The van der Waals surface area contributed by atoms with Gasteiger partial charge in [0.2, 0.25) is 0 Å². The summed E-state index contributed by atoms with van der Waals surface area (Å²) >= 11 is 0. The van der Waals surface area contributed by atoms with Gasteiger partial charge >= 0.3 is 6.03 Å². The van der Waals surface area contributed by atoms with Gasteiger partial charge in [0.25, 0.3) is 0 Å². The lowest BCUT2D eigenvalue weighted by atomic mass is 10.0. The van der Waals surface area contributed by atoms with E-state index < -0.39 is 0 Å². The number of carbonyl (C=O) groups is 1. The molecule has 104 valence electrons.